The Kier molecular flexibility index (Phi) is 8.74. The van der Waals surface area contributed by atoms with Crippen LogP contribution in [0.5, 0.6) is 0 Å². The Bertz CT molecular complexity index is 781. The van der Waals surface area contributed by atoms with Crippen LogP contribution in [0.1, 0.15) is 36.0 Å². The van der Waals surface area contributed by atoms with Crippen LogP contribution in [0.3, 0.4) is 0 Å². The Balaban J connectivity index is 0.00000150. The van der Waals surface area contributed by atoms with Crippen molar-refractivity contribution >= 4 is 36.7 Å². The Labute approximate surface area is 184 Å². The minimum atomic E-state index is 0. The van der Waals surface area contributed by atoms with Crippen molar-refractivity contribution < 1.29 is 4.79 Å². The molecule has 160 valence electrons. The summed E-state index contributed by atoms with van der Waals surface area (Å²) in [5.41, 5.74) is 1.68. The predicted molar refractivity (Wildman–Crippen MR) is 120 cm³/mol. The highest BCUT2D eigenvalue weighted by atomic mass is 35.5. The first-order valence-corrected chi connectivity index (χ1v) is 9.99. The first kappa shape index (κ1) is 23.4. The lowest BCUT2D eigenvalue weighted by Gasteiger charge is -2.26. The molecule has 0 aliphatic carbocycles. The number of rotatable bonds is 3. The number of anilines is 1. The first-order chi connectivity index (χ1) is 13.2. The second-order valence-corrected chi connectivity index (χ2v) is 7.38. The van der Waals surface area contributed by atoms with Gasteiger partial charge in [-0.25, -0.2) is 4.68 Å². The number of hydrogen-bond acceptors (Lipinski definition) is 5. The van der Waals surface area contributed by atoms with Crippen LogP contribution >= 0.6 is 24.8 Å². The van der Waals surface area contributed by atoms with Gasteiger partial charge in [-0.1, -0.05) is 12.1 Å². The average molecular weight is 441 g/mol. The topological polar surface area (TPSA) is 66.3 Å². The van der Waals surface area contributed by atoms with Crippen LogP contribution in [0.15, 0.2) is 24.3 Å². The van der Waals surface area contributed by atoms with Crippen molar-refractivity contribution in [1.82, 2.24) is 25.0 Å². The number of nitrogens with zero attached hydrogens (tertiary/aromatic N) is 5. The number of benzene rings is 1. The molecule has 1 amide bonds. The van der Waals surface area contributed by atoms with E-state index in [0.717, 1.165) is 68.6 Å². The monoisotopic (exact) mass is 440 g/mol. The molecule has 1 N–H and O–H groups in total. The lowest BCUT2D eigenvalue weighted by Crippen LogP contribution is -2.34. The van der Waals surface area contributed by atoms with Crippen molar-refractivity contribution in [2.75, 3.05) is 44.2 Å². The van der Waals surface area contributed by atoms with E-state index in [1.165, 1.54) is 19.3 Å². The van der Waals surface area contributed by atoms with Crippen LogP contribution < -0.4 is 10.2 Å². The summed E-state index contributed by atoms with van der Waals surface area (Å²) in [7, 11) is 1.95. The standard InChI is InChI=1S/C20H28N6O.2ClH/c1-24-20(26-12-3-2-4-13-26)22-18(23-24)16-6-8-17(9-7-16)19(27)25-14-5-10-21-11-15-25;;/h6-9,21H,2-5,10-15H2,1H3;2*1H. The number of amides is 1. The van der Waals surface area contributed by atoms with Gasteiger partial charge in [0.25, 0.3) is 5.91 Å². The SMILES string of the molecule is Cl.Cl.Cn1nc(-c2ccc(C(=O)N3CCCNCC3)cc2)nc1N1CCCCC1. The molecule has 4 rings (SSSR count). The van der Waals surface area contributed by atoms with Crippen molar-refractivity contribution in [3.05, 3.63) is 29.8 Å². The molecule has 0 radical (unpaired) electrons. The fourth-order valence-corrected chi connectivity index (χ4v) is 3.86. The Hall–Kier alpha value is -1.83. The number of aromatic nitrogens is 3. The minimum absolute atomic E-state index is 0. The zero-order chi connectivity index (χ0) is 18.6. The molecular weight excluding hydrogens is 411 g/mol. The molecule has 3 heterocycles. The number of nitrogens with one attached hydrogen (secondary N) is 1. The van der Waals surface area contributed by atoms with Gasteiger partial charge in [-0.15, -0.1) is 29.9 Å². The number of carbonyl (C=O) groups excluding carboxylic acids is 1. The van der Waals surface area contributed by atoms with E-state index in [1.54, 1.807) is 0 Å². The lowest BCUT2D eigenvalue weighted by molar-refractivity contribution is 0.0766. The van der Waals surface area contributed by atoms with Crippen molar-refractivity contribution in [3.63, 3.8) is 0 Å². The van der Waals surface area contributed by atoms with E-state index in [9.17, 15) is 4.79 Å². The summed E-state index contributed by atoms with van der Waals surface area (Å²) in [6.45, 7) is 5.51. The molecule has 2 aliphatic heterocycles. The van der Waals surface area contributed by atoms with Gasteiger partial charge in [-0.05, 0) is 44.4 Å². The molecule has 0 bridgehead atoms. The Morgan fingerprint density at radius 2 is 1.66 bits per heavy atom. The largest absolute Gasteiger partial charge is 0.341 e. The van der Waals surface area contributed by atoms with E-state index >= 15 is 0 Å². The normalized spacial score (nSPS) is 17.1. The number of halogens is 2. The molecule has 1 aromatic heterocycles. The first-order valence-electron chi connectivity index (χ1n) is 9.99. The summed E-state index contributed by atoms with van der Waals surface area (Å²) < 4.78 is 1.87. The summed E-state index contributed by atoms with van der Waals surface area (Å²) >= 11 is 0. The van der Waals surface area contributed by atoms with Gasteiger partial charge in [-0.2, -0.15) is 4.98 Å². The van der Waals surface area contributed by atoms with E-state index in [1.807, 2.05) is 40.9 Å². The highest BCUT2D eigenvalue weighted by Crippen LogP contribution is 2.23. The third-order valence-corrected chi connectivity index (χ3v) is 5.40. The smallest absolute Gasteiger partial charge is 0.253 e. The molecule has 29 heavy (non-hydrogen) atoms. The molecule has 0 saturated carbocycles. The third-order valence-electron chi connectivity index (χ3n) is 5.40. The number of aryl methyl sites for hydroxylation is 1. The van der Waals surface area contributed by atoms with E-state index in [-0.39, 0.29) is 30.7 Å². The summed E-state index contributed by atoms with van der Waals surface area (Å²) in [5.74, 6) is 1.76. The van der Waals surface area contributed by atoms with Gasteiger partial charge >= 0.3 is 0 Å². The van der Waals surface area contributed by atoms with Crippen molar-refractivity contribution in [3.8, 4) is 11.4 Å². The van der Waals surface area contributed by atoms with Crippen LogP contribution in [-0.4, -0.2) is 64.8 Å². The summed E-state index contributed by atoms with van der Waals surface area (Å²) in [6, 6.07) is 7.71. The van der Waals surface area contributed by atoms with Gasteiger partial charge in [0, 0.05) is 50.9 Å². The van der Waals surface area contributed by atoms with Crippen LogP contribution in [0.2, 0.25) is 0 Å². The number of piperidine rings is 1. The quantitative estimate of drug-likeness (QED) is 0.794. The van der Waals surface area contributed by atoms with E-state index < -0.39 is 0 Å². The minimum Gasteiger partial charge on any atom is -0.341 e. The maximum atomic E-state index is 12.7. The number of carbonyl (C=O) groups is 1. The zero-order valence-corrected chi connectivity index (χ0v) is 18.5. The van der Waals surface area contributed by atoms with Gasteiger partial charge in [0.2, 0.25) is 5.95 Å². The Morgan fingerprint density at radius 1 is 0.931 bits per heavy atom. The molecule has 2 saturated heterocycles. The summed E-state index contributed by atoms with van der Waals surface area (Å²) in [4.78, 5) is 21.7. The van der Waals surface area contributed by atoms with E-state index in [4.69, 9.17) is 4.98 Å². The molecule has 2 aromatic rings. The van der Waals surface area contributed by atoms with Crippen LogP contribution in [0, 0.1) is 0 Å². The molecule has 2 aliphatic rings. The molecular formula is C20H30Cl2N6O. The molecule has 0 atom stereocenters. The lowest BCUT2D eigenvalue weighted by atomic mass is 10.1. The average Bonchev–Trinajstić information content (AvgIpc) is 2.92. The zero-order valence-electron chi connectivity index (χ0n) is 16.8. The fourth-order valence-electron chi connectivity index (χ4n) is 3.86. The van der Waals surface area contributed by atoms with Crippen LogP contribution in [0.25, 0.3) is 11.4 Å². The molecule has 1 aromatic carbocycles. The van der Waals surface area contributed by atoms with E-state index in [2.05, 4.69) is 15.3 Å². The second-order valence-electron chi connectivity index (χ2n) is 7.38. The summed E-state index contributed by atoms with van der Waals surface area (Å²) in [5, 5.41) is 7.93. The molecule has 7 nitrogen and oxygen atoms in total. The Morgan fingerprint density at radius 3 is 2.38 bits per heavy atom. The molecule has 0 unspecified atom stereocenters. The predicted octanol–water partition coefficient (Wildman–Crippen LogP) is 2.75. The van der Waals surface area contributed by atoms with Crippen LogP contribution in [-0.2, 0) is 7.05 Å². The highest BCUT2D eigenvalue weighted by molar-refractivity contribution is 5.94. The van der Waals surface area contributed by atoms with Crippen LogP contribution in [0.4, 0.5) is 5.95 Å². The molecule has 2 fully saturated rings. The second kappa shape index (κ2) is 10.8. The highest BCUT2D eigenvalue weighted by Gasteiger charge is 2.20. The van der Waals surface area contributed by atoms with Gasteiger partial charge in [0.05, 0.1) is 0 Å². The third kappa shape index (κ3) is 5.41. The van der Waals surface area contributed by atoms with E-state index in [0.29, 0.717) is 0 Å². The maximum Gasteiger partial charge on any atom is 0.253 e. The van der Waals surface area contributed by atoms with Crippen molar-refractivity contribution in [2.24, 2.45) is 7.05 Å². The van der Waals surface area contributed by atoms with Gasteiger partial charge in [0.1, 0.15) is 0 Å². The molecule has 0 spiro atoms. The summed E-state index contributed by atoms with van der Waals surface area (Å²) in [6.07, 6.45) is 4.72. The maximum absolute atomic E-state index is 12.7. The van der Waals surface area contributed by atoms with Crippen molar-refractivity contribution in [1.29, 1.82) is 0 Å². The van der Waals surface area contributed by atoms with Gasteiger partial charge < -0.3 is 15.1 Å². The molecule has 9 heteroatoms. The van der Waals surface area contributed by atoms with Gasteiger partial charge in [-0.3, -0.25) is 4.79 Å². The number of hydrogen-bond donors (Lipinski definition) is 1. The van der Waals surface area contributed by atoms with Crippen molar-refractivity contribution in [2.45, 2.75) is 25.7 Å². The van der Waals surface area contributed by atoms with Gasteiger partial charge in [0.15, 0.2) is 5.82 Å². The fraction of sp³-hybridized carbons (Fsp3) is 0.550.